The quantitative estimate of drug-likeness (QED) is 0.498. The average Bonchev–Trinajstić information content (AvgIpc) is 3.32. The number of aromatic nitrogens is 8. The topological polar surface area (TPSA) is 127 Å². The van der Waals surface area contributed by atoms with Crippen LogP contribution < -0.4 is 10.9 Å². The molecular weight excluding hydrogens is 346 g/mol. The lowest BCUT2D eigenvalue weighted by Gasteiger charge is -2.07. The Morgan fingerprint density at radius 3 is 2.89 bits per heavy atom. The maximum Gasteiger partial charge on any atom is 0.295 e. The first-order valence-corrected chi connectivity index (χ1v) is 8.01. The van der Waals surface area contributed by atoms with Crippen molar-refractivity contribution in [2.45, 2.75) is 0 Å². The predicted molar refractivity (Wildman–Crippen MR) is 97.5 cm³/mol. The Kier molecular flexibility index (Phi) is 3.32. The fraction of sp³-hybridized carbons (Fsp3) is 0. The van der Waals surface area contributed by atoms with Crippen molar-refractivity contribution in [3.05, 3.63) is 65.6 Å². The second kappa shape index (κ2) is 5.95. The van der Waals surface area contributed by atoms with Gasteiger partial charge in [0.1, 0.15) is 5.69 Å². The highest BCUT2D eigenvalue weighted by Crippen LogP contribution is 2.24. The first-order valence-electron chi connectivity index (χ1n) is 8.01. The average molecular weight is 357 g/mol. The van der Waals surface area contributed by atoms with Crippen molar-refractivity contribution in [1.29, 1.82) is 0 Å². The summed E-state index contributed by atoms with van der Waals surface area (Å²) in [6, 6.07) is 7.57. The summed E-state index contributed by atoms with van der Waals surface area (Å²) in [5.74, 6) is 0.819. The van der Waals surface area contributed by atoms with Crippen LogP contribution in [0.25, 0.3) is 27.9 Å². The first kappa shape index (κ1) is 15.1. The molecule has 0 bridgehead atoms. The van der Waals surface area contributed by atoms with Gasteiger partial charge in [-0.1, -0.05) is 12.1 Å². The summed E-state index contributed by atoms with van der Waals surface area (Å²) >= 11 is 0. The van der Waals surface area contributed by atoms with Crippen molar-refractivity contribution in [2.75, 3.05) is 5.32 Å². The molecule has 2 N–H and O–H groups in total. The zero-order valence-electron chi connectivity index (χ0n) is 13.7. The van der Waals surface area contributed by atoms with Gasteiger partial charge in [0.15, 0.2) is 11.5 Å². The number of nitrogens with one attached hydrogen (secondary N) is 2. The smallest absolute Gasteiger partial charge is 0.295 e. The van der Waals surface area contributed by atoms with Crippen LogP contribution in [-0.2, 0) is 0 Å². The van der Waals surface area contributed by atoms with E-state index >= 15 is 0 Å². The Morgan fingerprint density at radius 1 is 1.07 bits per heavy atom. The number of H-pyrrole nitrogens is 1. The minimum atomic E-state index is -0.453. The van der Waals surface area contributed by atoms with Crippen LogP contribution in [0.4, 0.5) is 11.6 Å². The Hall–Kier alpha value is -4.21. The van der Waals surface area contributed by atoms with E-state index in [1.54, 1.807) is 16.9 Å². The highest BCUT2D eigenvalue weighted by Gasteiger charge is 2.15. The van der Waals surface area contributed by atoms with Crippen molar-refractivity contribution >= 4 is 28.2 Å². The molecule has 0 radical (unpaired) electrons. The molecule has 27 heavy (non-hydrogen) atoms. The van der Waals surface area contributed by atoms with E-state index < -0.39 is 5.56 Å². The maximum atomic E-state index is 12.1. The highest BCUT2D eigenvalue weighted by molar-refractivity contribution is 5.93. The van der Waals surface area contributed by atoms with E-state index in [9.17, 15) is 4.79 Å². The van der Waals surface area contributed by atoms with E-state index in [2.05, 4.69) is 40.5 Å². The predicted octanol–water partition coefficient (Wildman–Crippen LogP) is 1.56. The van der Waals surface area contributed by atoms with E-state index in [1.807, 2.05) is 24.3 Å². The molecule has 10 nitrogen and oxygen atoms in total. The second-order valence-electron chi connectivity index (χ2n) is 5.66. The van der Waals surface area contributed by atoms with Crippen LogP contribution >= 0.6 is 0 Å². The van der Waals surface area contributed by atoms with Crippen LogP contribution in [0.5, 0.6) is 0 Å². The van der Waals surface area contributed by atoms with Gasteiger partial charge in [-0.25, -0.2) is 15.0 Å². The highest BCUT2D eigenvalue weighted by atomic mass is 16.1. The van der Waals surface area contributed by atoms with Gasteiger partial charge in [-0.2, -0.15) is 9.61 Å². The molecule has 0 amide bonds. The summed E-state index contributed by atoms with van der Waals surface area (Å²) in [4.78, 5) is 29.1. The van der Waals surface area contributed by atoms with Crippen LogP contribution in [-0.4, -0.2) is 39.7 Å². The third-order valence-electron chi connectivity index (χ3n) is 3.96. The normalized spacial score (nSPS) is 11.1. The van der Waals surface area contributed by atoms with Crippen molar-refractivity contribution in [1.82, 2.24) is 39.7 Å². The van der Waals surface area contributed by atoms with Gasteiger partial charge in [-0.05, 0) is 12.1 Å². The number of fused-ring (bicyclic) bond motifs is 3. The summed E-state index contributed by atoms with van der Waals surface area (Å²) in [5.41, 5.74) is 1.79. The Bertz CT molecular complexity index is 1330. The fourth-order valence-electron chi connectivity index (χ4n) is 2.72. The van der Waals surface area contributed by atoms with Crippen LogP contribution in [0, 0.1) is 0 Å². The van der Waals surface area contributed by atoms with Crippen molar-refractivity contribution < 1.29 is 0 Å². The molecule has 1 aromatic carbocycles. The van der Waals surface area contributed by atoms with Crippen molar-refractivity contribution in [3.8, 4) is 11.4 Å². The standard InChI is InChI=1S/C17H11N9O/c27-16-13(9-18-5-6-19-16)23-17-22-12-4-2-1-3-11(12)15-24-14(25-26(15)17)10-7-20-21-8-10/h1-9H,(H,20,21)(H,19,22,23,27). The fourth-order valence-corrected chi connectivity index (χ4v) is 2.72. The summed E-state index contributed by atoms with van der Waals surface area (Å²) in [5, 5.41) is 15.0. The number of aromatic amines is 1. The van der Waals surface area contributed by atoms with E-state index in [4.69, 9.17) is 0 Å². The lowest BCUT2D eigenvalue weighted by molar-refractivity contribution is 0.947. The van der Waals surface area contributed by atoms with Crippen LogP contribution in [0.2, 0.25) is 0 Å². The van der Waals surface area contributed by atoms with Crippen LogP contribution in [0.15, 0.2) is 60.0 Å². The molecule has 0 unspecified atom stereocenters. The molecule has 5 aromatic rings. The summed E-state index contributed by atoms with van der Waals surface area (Å²) in [6.45, 7) is 0. The molecule has 130 valence electrons. The molecule has 10 heteroatoms. The molecule has 0 saturated carbocycles. The number of para-hydroxylation sites is 1. The van der Waals surface area contributed by atoms with Crippen molar-refractivity contribution in [2.24, 2.45) is 0 Å². The third-order valence-corrected chi connectivity index (χ3v) is 3.96. The Morgan fingerprint density at radius 2 is 2.00 bits per heavy atom. The molecule has 4 heterocycles. The molecule has 0 fully saturated rings. The Labute approximate surface area is 151 Å². The van der Waals surface area contributed by atoms with E-state index in [0.29, 0.717) is 22.9 Å². The van der Waals surface area contributed by atoms with Gasteiger partial charge in [0.25, 0.3) is 5.56 Å². The third kappa shape index (κ3) is 2.56. The van der Waals surface area contributed by atoms with Crippen LogP contribution in [0.1, 0.15) is 0 Å². The molecule has 0 aliphatic carbocycles. The molecule has 5 rings (SSSR count). The number of anilines is 2. The summed E-state index contributed by atoms with van der Waals surface area (Å²) in [6.07, 6.45) is 7.51. The second-order valence-corrected chi connectivity index (χ2v) is 5.66. The number of nitrogens with zero attached hydrogens (tertiary/aromatic N) is 7. The van der Waals surface area contributed by atoms with Gasteiger partial charge in [0, 0.05) is 24.0 Å². The number of rotatable bonds is 3. The Balaban J connectivity index is 1.77. The van der Waals surface area contributed by atoms with E-state index in [-0.39, 0.29) is 5.69 Å². The van der Waals surface area contributed by atoms with Gasteiger partial charge in [0.05, 0.1) is 23.5 Å². The molecule has 0 spiro atoms. The lowest BCUT2D eigenvalue weighted by atomic mass is 10.2. The minimum absolute atomic E-state index is 0.185. The van der Waals surface area contributed by atoms with Crippen molar-refractivity contribution in [3.63, 3.8) is 0 Å². The van der Waals surface area contributed by atoms with Gasteiger partial charge in [0.2, 0.25) is 5.95 Å². The molecule has 0 aliphatic heterocycles. The van der Waals surface area contributed by atoms with Gasteiger partial charge in [-0.15, -0.1) is 5.10 Å². The molecule has 0 aliphatic rings. The largest absolute Gasteiger partial charge is 0.318 e. The van der Waals surface area contributed by atoms with Gasteiger partial charge >= 0.3 is 0 Å². The number of hydrogen-bond donors (Lipinski definition) is 2. The number of hydrogen-bond acceptors (Lipinski definition) is 8. The lowest BCUT2D eigenvalue weighted by Crippen LogP contribution is -2.11. The van der Waals surface area contributed by atoms with Crippen LogP contribution in [0.3, 0.4) is 0 Å². The first-order chi connectivity index (χ1) is 13.3. The SMILES string of the molecule is O=c1nccncc1Nc1nc2ccccc2c2nc(-c3cn[nH]c3)nn12. The van der Waals surface area contributed by atoms with E-state index in [0.717, 1.165) is 10.9 Å². The monoisotopic (exact) mass is 357 g/mol. The molecule has 0 saturated heterocycles. The van der Waals surface area contributed by atoms with Gasteiger partial charge in [-0.3, -0.25) is 14.9 Å². The molecule has 4 aromatic heterocycles. The molecule has 0 atom stereocenters. The van der Waals surface area contributed by atoms with Gasteiger partial charge < -0.3 is 5.32 Å². The number of benzene rings is 1. The summed E-state index contributed by atoms with van der Waals surface area (Å²) in [7, 11) is 0. The maximum absolute atomic E-state index is 12.1. The summed E-state index contributed by atoms with van der Waals surface area (Å²) < 4.78 is 1.55. The van der Waals surface area contributed by atoms with E-state index in [1.165, 1.54) is 18.6 Å². The zero-order valence-corrected chi connectivity index (χ0v) is 13.7. The minimum Gasteiger partial charge on any atom is -0.318 e. The molecular formula is C17H11N9O. The zero-order chi connectivity index (χ0) is 18.2.